The molecule has 9 heteroatoms. The molecule has 1 N–H and O–H groups in total. The Kier molecular flexibility index (Phi) is 15.0. The Bertz CT molecular complexity index is 820. The standard InChI is InChI=1S/C12H15IO3.C6H11ClO2.C6H5IO/c1-12(2,3)16-11(14)8-15-10-6-4-9(13)5-7-10;1-6(2,3)9-5(8)4-7;7-5-1-3-6(8)4-2-5/h4-7H,8H2,1-3H3;4H2,1-3H3;1-4,8H. The van der Waals surface area contributed by atoms with Crippen LogP contribution < -0.4 is 4.74 Å². The van der Waals surface area contributed by atoms with Crippen LogP contribution in [0.2, 0.25) is 0 Å². The lowest BCUT2D eigenvalue weighted by molar-refractivity contribution is -0.157. The number of phenols is 1. The maximum Gasteiger partial charge on any atom is 0.344 e. The number of aromatic hydroxyl groups is 1. The predicted octanol–water partition coefficient (Wildman–Crippen LogP) is 6.58. The number of ether oxygens (including phenoxy) is 3. The van der Waals surface area contributed by atoms with Crippen molar-refractivity contribution in [2.75, 3.05) is 12.5 Å². The van der Waals surface area contributed by atoms with Gasteiger partial charge in [0.2, 0.25) is 0 Å². The average molecular weight is 705 g/mol. The van der Waals surface area contributed by atoms with Gasteiger partial charge in [0.05, 0.1) is 0 Å². The van der Waals surface area contributed by atoms with E-state index in [4.69, 9.17) is 30.9 Å². The van der Waals surface area contributed by atoms with Gasteiger partial charge in [-0.2, -0.15) is 0 Å². The Hall–Kier alpha value is -1.27. The van der Waals surface area contributed by atoms with E-state index in [0.717, 1.165) is 7.14 Å². The molecule has 2 aromatic rings. The zero-order valence-electron chi connectivity index (χ0n) is 19.7. The molecule has 0 radical (unpaired) electrons. The topological polar surface area (TPSA) is 82.1 Å². The number of carbonyl (C=O) groups is 2. The van der Waals surface area contributed by atoms with Gasteiger partial charge in [-0.1, -0.05) is 0 Å². The first-order chi connectivity index (χ1) is 15.1. The Morgan fingerprint density at radius 2 is 1.18 bits per heavy atom. The smallest absolute Gasteiger partial charge is 0.344 e. The lowest BCUT2D eigenvalue weighted by atomic mass is 10.2. The van der Waals surface area contributed by atoms with Gasteiger partial charge in [0.25, 0.3) is 0 Å². The maximum absolute atomic E-state index is 11.4. The highest BCUT2D eigenvalue weighted by molar-refractivity contribution is 14.1. The van der Waals surface area contributed by atoms with Gasteiger partial charge in [0.15, 0.2) is 6.61 Å². The van der Waals surface area contributed by atoms with Gasteiger partial charge in [-0.3, -0.25) is 4.79 Å². The van der Waals surface area contributed by atoms with Crippen LogP contribution in [0.15, 0.2) is 48.5 Å². The third-order valence-corrected chi connectivity index (χ3v) is 4.60. The second kappa shape index (κ2) is 15.6. The quantitative estimate of drug-likeness (QED) is 0.220. The van der Waals surface area contributed by atoms with Gasteiger partial charge in [0, 0.05) is 7.14 Å². The molecule has 0 heterocycles. The molecule has 0 bridgehead atoms. The highest BCUT2D eigenvalue weighted by atomic mass is 127. The molecule has 0 saturated carbocycles. The van der Waals surface area contributed by atoms with E-state index in [9.17, 15) is 9.59 Å². The van der Waals surface area contributed by atoms with Gasteiger partial charge in [0.1, 0.15) is 28.6 Å². The molecule has 0 saturated heterocycles. The summed E-state index contributed by atoms with van der Waals surface area (Å²) in [6.45, 7) is 10.8. The molecular weight excluding hydrogens is 674 g/mol. The third-order valence-electron chi connectivity index (χ3n) is 2.95. The zero-order valence-corrected chi connectivity index (χ0v) is 24.7. The van der Waals surface area contributed by atoms with Gasteiger partial charge in [-0.15, -0.1) is 11.6 Å². The number of hydrogen-bond donors (Lipinski definition) is 1. The second-order valence-corrected chi connectivity index (χ2v) is 11.3. The van der Waals surface area contributed by atoms with Crippen molar-refractivity contribution < 1.29 is 28.9 Å². The van der Waals surface area contributed by atoms with E-state index in [0.29, 0.717) is 11.5 Å². The van der Waals surface area contributed by atoms with Crippen LogP contribution in [0.25, 0.3) is 0 Å². The van der Waals surface area contributed by atoms with Crippen LogP contribution >= 0.6 is 56.8 Å². The maximum atomic E-state index is 11.4. The van der Waals surface area contributed by atoms with Crippen LogP contribution in [-0.2, 0) is 19.1 Å². The number of alkyl halides is 1. The van der Waals surface area contributed by atoms with E-state index in [1.165, 1.54) is 0 Å². The first-order valence-corrected chi connectivity index (χ1v) is 12.6. The monoisotopic (exact) mass is 704 g/mol. The molecule has 0 fully saturated rings. The van der Waals surface area contributed by atoms with Crippen LogP contribution in [-0.4, -0.2) is 40.7 Å². The summed E-state index contributed by atoms with van der Waals surface area (Å²) in [7, 11) is 0. The molecular formula is C24H31ClI2O6. The molecule has 2 aromatic carbocycles. The first kappa shape index (κ1) is 31.7. The first-order valence-electron chi connectivity index (χ1n) is 9.94. The summed E-state index contributed by atoms with van der Waals surface area (Å²) in [4.78, 5) is 21.8. The van der Waals surface area contributed by atoms with E-state index in [1.807, 2.05) is 57.2 Å². The lowest BCUT2D eigenvalue weighted by Crippen LogP contribution is -2.27. The highest BCUT2D eigenvalue weighted by Gasteiger charge is 2.16. The van der Waals surface area contributed by atoms with Crippen LogP contribution in [0.3, 0.4) is 0 Å². The van der Waals surface area contributed by atoms with Gasteiger partial charge < -0.3 is 19.3 Å². The number of esters is 2. The molecule has 6 nitrogen and oxygen atoms in total. The van der Waals surface area contributed by atoms with Crippen LogP contribution in [0.4, 0.5) is 0 Å². The molecule has 0 aliphatic rings. The molecule has 0 amide bonds. The van der Waals surface area contributed by atoms with E-state index in [2.05, 4.69) is 45.2 Å². The van der Waals surface area contributed by atoms with E-state index in [-0.39, 0.29) is 24.4 Å². The van der Waals surface area contributed by atoms with E-state index >= 15 is 0 Å². The average Bonchev–Trinajstić information content (AvgIpc) is 2.68. The molecule has 0 aliphatic heterocycles. The third kappa shape index (κ3) is 19.9. The second-order valence-electron chi connectivity index (χ2n) is 8.53. The molecule has 0 spiro atoms. The van der Waals surface area contributed by atoms with Crippen molar-refractivity contribution in [1.29, 1.82) is 0 Å². The molecule has 0 unspecified atom stereocenters. The number of phenolic OH excluding ortho intramolecular Hbond substituents is 1. The molecule has 0 aromatic heterocycles. The molecule has 184 valence electrons. The summed E-state index contributed by atoms with van der Waals surface area (Å²) in [6, 6.07) is 14.5. The summed E-state index contributed by atoms with van der Waals surface area (Å²) in [6.07, 6.45) is 0. The summed E-state index contributed by atoms with van der Waals surface area (Å²) in [5, 5.41) is 8.75. The summed E-state index contributed by atoms with van der Waals surface area (Å²) < 4.78 is 17.5. The SMILES string of the molecule is CC(C)(C)OC(=O)CCl.CC(C)(C)OC(=O)COc1ccc(I)cc1.Oc1ccc(I)cc1. The number of hydrogen-bond acceptors (Lipinski definition) is 6. The Balaban J connectivity index is 0.000000510. The minimum atomic E-state index is -0.466. The fourth-order valence-corrected chi connectivity index (χ4v) is 2.63. The van der Waals surface area contributed by atoms with Crippen LogP contribution in [0.1, 0.15) is 41.5 Å². The minimum Gasteiger partial charge on any atom is -0.508 e. The fraction of sp³-hybridized carbons (Fsp3) is 0.417. The van der Waals surface area contributed by atoms with Crippen molar-refractivity contribution in [3.05, 3.63) is 55.7 Å². The largest absolute Gasteiger partial charge is 0.508 e. The van der Waals surface area contributed by atoms with Crippen molar-refractivity contribution in [2.45, 2.75) is 52.7 Å². The Morgan fingerprint density at radius 3 is 1.52 bits per heavy atom. The zero-order chi connectivity index (χ0) is 25.7. The number of benzene rings is 2. The van der Waals surface area contributed by atoms with Gasteiger partial charge >= 0.3 is 11.9 Å². The molecule has 0 atom stereocenters. The van der Waals surface area contributed by atoms with Crippen molar-refractivity contribution in [3.63, 3.8) is 0 Å². The molecule has 33 heavy (non-hydrogen) atoms. The van der Waals surface area contributed by atoms with E-state index in [1.54, 1.807) is 32.9 Å². The summed E-state index contributed by atoms with van der Waals surface area (Å²) in [5.74, 6) is 0.198. The molecule has 2 rings (SSSR count). The Morgan fingerprint density at radius 1 is 0.788 bits per heavy atom. The predicted molar refractivity (Wildman–Crippen MR) is 148 cm³/mol. The highest BCUT2D eigenvalue weighted by Crippen LogP contribution is 2.14. The van der Waals surface area contributed by atoms with Crippen LogP contribution in [0, 0.1) is 7.14 Å². The minimum absolute atomic E-state index is 0.0577. The number of rotatable bonds is 4. The fourth-order valence-electron chi connectivity index (χ4n) is 1.85. The molecule has 0 aliphatic carbocycles. The number of carbonyl (C=O) groups excluding carboxylic acids is 2. The van der Waals surface area contributed by atoms with E-state index < -0.39 is 11.2 Å². The summed E-state index contributed by atoms with van der Waals surface area (Å²) in [5.41, 5.74) is -0.877. The lowest BCUT2D eigenvalue weighted by Gasteiger charge is -2.19. The van der Waals surface area contributed by atoms with Crippen molar-refractivity contribution in [2.24, 2.45) is 0 Å². The van der Waals surface area contributed by atoms with Gasteiger partial charge in [-0.05, 0) is 135 Å². The number of halogens is 3. The van der Waals surface area contributed by atoms with Crippen LogP contribution in [0.5, 0.6) is 11.5 Å². The van der Waals surface area contributed by atoms with Crippen molar-refractivity contribution in [1.82, 2.24) is 0 Å². The van der Waals surface area contributed by atoms with Gasteiger partial charge in [-0.25, -0.2) is 4.79 Å². The van der Waals surface area contributed by atoms with Crippen molar-refractivity contribution in [3.8, 4) is 11.5 Å². The van der Waals surface area contributed by atoms with Crippen molar-refractivity contribution >= 4 is 68.7 Å². The normalized spacial score (nSPS) is 10.6. The Labute approximate surface area is 228 Å². The summed E-state index contributed by atoms with van der Waals surface area (Å²) >= 11 is 9.58.